The molecule has 4 atom stereocenters. The Morgan fingerprint density at radius 1 is 1.06 bits per heavy atom. The molecule has 6 nitrogen and oxygen atoms in total. The van der Waals surface area contributed by atoms with Gasteiger partial charge in [-0.05, 0) is 50.1 Å². The average molecular weight is 456 g/mol. The van der Waals surface area contributed by atoms with E-state index in [0.717, 1.165) is 18.4 Å². The summed E-state index contributed by atoms with van der Waals surface area (Å²) in [6, 6.07) is 10.4. The number of nitrogens with one attached hydrogen (secondary N) is 1. The van der Waals surface area contributed by atoms with Gasteiger partial charge in [0.05, 0.1) is 33.3 Å². The number of benzene rings is 2. The first kappa shape index (κ1) is 19.3. The molecule has 158 valence electrons. The van der Waals surface area contributed by atoms with Crippen LogP contribution in [0.2, 0.25) is 10.0 Å². The minimum absolute atomic E-state index is 0.176. The van der Waals surface area contributed by atoms with Crippen LogP contribution >= 0.6 is 23.2 Å². The highest BCUT2D eigenvalue weighted by Crippen LogP contribution is 2.61. The second-order valence-corrected chi connectivity index (χ2v) is 9.57. The SMILES string of the molecule is Cc1cc(Cl)c2c(c1)[C@]1(C(=O)N2)[C@@H]2C(=O)N(c3ccccc3Cl)C(=O)[C@@H]2[C@H]2CCCN21. The Labute approximate surface area is 189 Å². The highest BCUT2D eigenvalue weighted by atomic mass is 35.5. The molecule has 4 aliphatic heterocycles. The summed E-state index contributed by atoms with van der Waals surface area (Å²) in [6.45, 7) is 2.57. The maximum absolute atomic E-state index is 13.9. The van der Waals surface area contributed by atoms with E-state index in [4.69, 9.17) is 23.2 Å². The first-order valence-corrected chi connectivity index (χ1v) is 11.1. The largest absolute Gasteiger partial charge is 0.323 e. The van der Waals surface area contributed by atoms with E-state index in [2.05, 4.69) is 10.2 Å². The summed E-state index contributed by atoms with van der Waals surface area (Å²) in [4.78, 5) is 44.4. The van der Waals surface area contributed by atoms with Crippen LogP contribution in [0.1, 0.15) is 24.0 Å². The number of rotatable bonds is 1. The zero-order valence-corrected chi connectivity index (χ0v) is 18.2. The molecular weight excluding hydrogens is 437 g/mol. The Balaban J connectivity index is 1.60. The molecule has 0 radical (unpaired) electrons. The van der Waals surface area contributed by atoms with E-state index in [1.165, 1.54) is 4.90 Å². The number of para-hydroxylation sites is 1. The topological polar surface area (TPSA) is 69.7 Å². The Bertz CT molecular complexity index is 1200. The van der Waals surface area contributed by atoms with Gasteiger partial charge in [-0.15, -0.1) is 0 Å². The summed E-state index contributed by atoms with van der Waals surface area (Å²) in [5.41, 5.74) is 1.27. The standard InChI is InChI=1S/C23H19Cl2N3O3/c1-11-9-12-19(14(25)10-11)26-22(31)23(12)18-17(16-7-4-8-27(16)23)20(29)28(21(18)30)15-6-3-2-5-13(15)24/h2-3,5-6,9-10,16-18H,4,7-8H2,1H3,(H,26,31)/t16-,17-,18+,23-/m1/s1. The smallest absolute Gasteiger partial charge is 0.250 e. The molecule has 2 aromatic carbocycles. The summed E-state index contributed by atoms with van der Waals surface area (Å²) in [5, 5.41) is 3.71. The zero-order chi connectivity index (χ0) is 21.7. The van der Waals surface area contributed by atoms with Crippen molar-refractivity contribution in [3.8, 4) is 0 Å². The van der Waals surface area contributed by atoms with Crippen LogP contribution in [0.4, 0.5) is 11.4 Å². The summed E-state index contributed by atoms with van der Waals surface area (Å²) in [6.07, 6.45) is 1.63. The normalized spacial score (nSPS) is 31.4. The van der Waals surface area contributed by atoms with Crippen molar-refractivity contribution < 1.29 is 14.4 Å². The molecule has 0 aromatic heterocycles. The van der Waals surface area contributed by atoms with Crippen LogP contribution in [0.25, 0.3) is 0 Å². The lowest BCUT2D eigenvalue weighted by Gasteiger charge is -2.36. The number of carbonyl (C=O) groups excluding carboxylic acids is 3. The molecule has 2 aromatic rings. The molecule has 3 amide bonds. The van der Waals surface area contributed by atoms with Crippen LogP contribution in [0.5, 0.6) is 0 Å². The summed E-state index contributed by atoms with van der Waals surface area (Å²) in [5.74, 6) is -2.35. The predicted molar refractivity (Wildman–Crippen MR) is 117 cm³/mol. The Kier molecular flexibility index (Phi) is 3.93. The van der Waals surface area contributed by atoms with Crippen molar-refractivity contribution in [1.29, 1.82) is 0 Å². The van der Waals surface area contributed by atoms with E-state index in [1.54, 1.807) is 30.3 Å². The number of hydrogen-bond acceptors (Lipinski definition) is 4. The van der Waals surface area contributed by atoms with Crippen molar-refractivity contribution in [2.24, 2.45) is 11.8 Å². The van der Waals surface area contributed by atoms with Gasteiger partial charge < -0.3 is 5.32 Å². The molecule has 0 saturated carbocycles. The van der Waals surface area contributed by atoms with Crippen LogP contribution in [-0.4, -0.2) is 35.2 Å². The lowest BCUT2D eigenvalue weighted by Crippen LogP contribution is -2.54. The number of amides is 3. The minimum atomic E-state index is -1.24. The molecule has 6 rings (SSSR count). The number of carbonyl (C=O) groups is 3. The van der Waals surface area contributed by atoms with Gasteiger partial charge in [0.1, 0.15) is 5.54 Å². The molecule has 1 spiro atoms. The lowest BCUT2D eigenvalue weighted by molar-refractivity contribution is -0.135. The van der Waals surface area contributed by atoms with E-state index >= 15 is 0 Å². The monoisotopic (exact) mass is 455 g/mol. The number of imide groups is 1. The van der Waals surface area contributed by atoms with E-state index in [-0.39, 0.29) is 23.8 Å². The number of anilines is 2. The average Bonchev–Trinajstić information content (AvgIpc) is 3.42. The van der Waals surface area contributed by atoms with E-state index in [0.29, 0.717) is 33.5 Å². The number of hydrogen-bond donors (Lipinski definition) is 1. The highest BCUT2D eigenvalue weighted by Gasteiger charge is 2.74. The fraction of sp³-hybridized carbons (Fsp3) is 0.348. The minimum Gasteiger partial charge on any atom is -0.323 e. The van der Waals surface area contributed by atoms with E-state index < -0.39 is 17.4 Å². The van der Waals surface area contributed by atoms with Gasteiger partial charge in [0, 0.05) is 11.6 Å². The molecule has 8 heteroatoms. The molecule has 0 unspecified atom stereocenters. The Morgan fingerprint density at radius 3 is 2.61 bits per heavy atom. The third-order valence-electron chi connectivity index (χ3n) is 7.29. The second-order valence-electron chi connectivity index (χ2n) is 8.76. The van der Waals surface area contributed by atoms with Crippen LogP contribution in [0.15, 0.2) is 36.4 Å². The van der Waals surface area contributed by atoms with Crippen LogP contribution < -0.4 is 10.2 Å². The first-order valence-electron chi connectivity index (χ1n) is 10.4. The van der Waals surface area contributed by atoms with E-state index in [1.807, 2.05) is 13.0 Å². The fourth-order valence-corrected chi connectivity index (χ4v) is 6.81. The number of aryl methyl sites for hydroxylation is 1. The third kappa shape index (κ3) is 2.20. The second kappa shape index (κ2) is 6.31. The van der Waals surface area contributed by atoms with Crippen LogP contribution in [0.3, 0.4) is 0 Å². The maximum atomic E-state index is 13.9. The van der Waals surface area contributed by atoms with Gasteiger partial charge in [0.25, 0.3) is 5.91 Å². The van der Waals surface area contributed by atoms with Crippen LogP contribution in [-0.2, 0) is 19.9 Å². The number of fused-ring (bicyclic) bond motifs is 7. The van der Waals surface area contributed by atoms with Gasteiger partial charge in [-0.25, -0.2) is 4.90 Å². The molecule has 0 bridgehead atoms. The van der Waals surface area contributed by atoms with Crippen molar-refractivity contribution in [2.45, 2.75) is 31.3 Å². The molecular formula is C23H19Cl2N3O3. The lowest BCUT2D eigenvalue weighted by atomic mass is 9.75. The molecule has 0 aliphatic carbocycles. The van der Waals surface area contributed by atoms with Gasteiger partial charge in [0.15, 0.2) is 0 Å². The van der Waals surface area contributed by atoms with Crippen molar-refractivity contribution >= 4 is 52.3 Å². The number of nitrogens with zero attached hydrogens (tertiary/aromatic N) is 2. The van der Waals surface area contributed by atoms with Crippen LogP contribution in [0, 0.1) is 18.8 Å². The van der Waals surface area contributed by atoms with Crippen molar-refractivity contribution in [2.75, 3.05) is 16.8 Å². The Hall–Kier alpha value is -2.41. The number of halogens is 2. The van der Waals surface area contributed by atoms with Gasteiger partial charge in [-0.1, -0.05) is 41.4 Å². The van der Waals surface area contributed by atoms with Crippen molar-refractivity contribution in [1.82, 2.24) is 4.90 Å². The molecule has 3 fully saturated rings. The van der Waals surface area contributed by atoms with Crippen molar-refractivity contribution in [3.63, 3.8) is 0 Å². The predicted octanol–water partition coefficient (Wildman–Crippen LogP) is 3.73. The molecule has 1 N–H and O–H groups in total. The zero-order valence-electron chi connectivity index (χ0n) is 16.7. The van der Waals surface area contributed by atoms with Gasteiger partial charge in [0.2, 0.25) is 11.8 Å². The van der Waals surface area contributed by atoms with Gasteiger partial charge in [-0.2, -0.15) is 0 Å². The van der Waals surface area contributed by atoms with Gasteiger partial charge in [-0.3, -0.25) is 19.3 Å². The molecule has 4 aliphatic rings. The van der Waals surface area contributed by atoms with Crippen molar-refractivity contribution in [3.05, 3.63) is 57.6 Å². The molecule has 3 saturated heterocycles. The fourth-order valence-electron chi connectivity index (χ4n) is 6.27. The highest BCUT2D eigenvalue weighted by molar-refractivity contribution is 6.37. The van der Waals surface area contributed by atoms with Gasteiger partial charge >= 0.3 is 0 Å². The summed E-state index contributed by atoms with van der Waals surface area (Å²) in [7, 11) is 0. The molecule has 31 heavy (non-hydrogen) atoms. The summed E-state index contributed by atoms with van der Waals surface area (Å²) >= 11 is 12.8. The third-order valence-corrected chi connectivity index (χ3v) is 7.91. The first-order chi connectivity index (χ1) is 14.9. The molecule has 4 heterocycles. The summed E-state index contributed by atoms with van der Waals surface area (Å²) < 4.78 is 0. The quantitative estimate of drug-likeness (QED) is 0.665. The maximum Gasteiger partial charge on any atom is 0.250 e. The van der Waals surface area contributed by atoms with E-state index in [9.17, 15) is 14.4 Å². The Morgan fingerprint density at radius 2 is 1.84 bits per heavy atom.